The monoisotopic (exact) mass is 284 g/mol. The Balaban J connectivity index is 4.21. The minimum absolute atomic E-state index is 0.238. The van der Waals surface area contributed by atoms with Crippen molar-refractivity contribution in [2.24, 2.45) is 5.92 Å². The summed E-state index contributed by atoms with van der Waals surface area (Å²) in [6.45, 7) is 16.4. The first kappa shape index (κ1) is 19.0. The molecule has 0 bridgehead atoms. The van der Waals surface area contributed by atoms with Gasteiger partial charge in [0.2, 0.25) is 0 Å². The number of nitrogens with one attached hydrogen (secondary N) is 2. The maximum atomic E-state index is 11.7. The van der Waals surface area contributed by atoms with Crippen molar-refractivity contribution in [3.63, 3.8) is 0 Å². The van der Waals surface area contributed by atoms with Crippen LogP contribution in [0, 0.1) is 5.92 Å². The molecule has 0 aromatic carbocycles. The van der Waals surface area contributed by atoms with Crippen LogP contribution in [0.15, 0.2) is 12.7 Å². The molecule has 0 radical (unpaired) electrons. The summed E-state index contributed by atoms with van der Waals surface area (Å²) in [7, 11) is 0. The van der Waals surface area contributed by atoms with Gasteiger partial charge in [-0.2, -0.15) is 0 Å². The molecule has 0 rings (SSSR count). The van der Waals surface area contributed by atoms with Crippen molar-refractivity contribution in [2.75, 3.05) is 6.54 Å². The summed E-state index contributed by atoms with van der Waals surface area (Å²) in [4.78, 5) is 11.7. The summed E-state index contributed by atoms with van der Waals surface area (Å²) >= 11 is 0. The van der Waals surface area contributed by atoms with Crippen molar-refractivity contribution in [3.8, 4) is 0 Å². The van der Waals surface area contributed by atoms with Crippen LogP contribution in [-0.2, 0) is 4.74 Å². The van der Waals surface area contributed by atoms with Gasteiger partial charge in [-0.05, 0) is 46.5 Å². The number of rotatable bonds is 8. The zero-order chi connectivity index (χ0) is 15.8. The van der Waals surface area contributed by atoms with E-state index in [1.165, 1.54) is 0 Å². The van der Waals surface area contributed by atoms with E-state index in [0.29, 0.717) is 18.5 Å². The molecular formula is C16H32N2O2. The number of carbonyl (C=O) groups excluding carboxylic acids is 1. The molecule has 1 amide bonds. The van der Waals surface area contributed by atoms with E-state index in [-0.39, 0.29) is 12.1 Å². The van der Waals surface area contributed by atoms with Crippen molar-refractivity contribution in [3.05, 3.63) is 12.7 Å². The zero-order valence-electron chi connectivity index (χ0n) is 14.0. The Kier molecular flexibility index (Phi) is 8.54. The third kappa shape index (κ3) is 9.84. The quantitative estimate of drug-likeness (QED) is 0.671. The molecule has 0 aliphatic heterocycles. The lowest BCUT2D eigenvalue weighted by Gasteiger charge is -2.27. The Morgan fingerprint density at radius 1 is 1.30 bits per heavy atom. The molecule has 4 heteroatoms. The molecule has 0 aliphatic rings. The van der Waals surface area contributed by atoms with Crippen LogP contribution in [0.5, 0.6) is 0 Å². The number of amides is 1. The minimum atomic E-state index is -0.456. The number of alkyl carbamates (subject to hydrolysis) is 1. The predicted molar refractivity (Wildman–Crippen MR) is 84.9 cm³/mol. The smallest absolute Gasteiger partial charge is 0.407 e. The normalized spacial score (nSPS) is 14.8. The topological polar surface area (TPSA) is 50.4 Å². The van der Waals surface area contributed by atoms with Gasteiger partial charge in [-0.25, -0.2) is 4.79 Å². The van der Waals surface area contributed by atoms with Crippen molar-refractivity contribution in [1.29, 1.82) is 0 Å². The molecule has 4 nitrogen and oxygen atoms in total. The SMILES string of the molecule is C=CCCC(C)NC(CNC(=O)OC(C)(C)C)C(C)C. The van der Waals surface area contributed by atoms with Crippen molar-refractivity contribution in [1.82, 2.24) is 10.6 Å². The fraction of sp³-hybridized carbons (Fsp3) is 0.812. The van der Waals surface area contributed by atoms with E-state index < -0.39 is 5.60 Å². The number of allylic oxidation sites excluding steroid dienone is 1. The second kappa shape index (κ2) is 9.01. The Morgan fingerprint density at radius 3 is 2.35 bits per heavy atom. The van der Waals surface area contributed by atoms with E-state index >= 15 is 0 Å². The van der Waals surface area contributed by atoms with Crippen LogP contribution < -0.4 is 10.6 Å². The highest BCUT2D eigenvalue weighted by Gasteiger charge is 2.19. The zero-order valence-corrected chi connectivity index (χ0v) is 14.0. The average molecular weight is 284 g/mol. The summed E-state index contributed by atoms with van der Waals surface area (Å²) in [5.74, 6) is 0.441. The molecule has 2 unspecified atom stereocenters. The van der Waals surface area contributed by atoms with Gasteiger partial charge in [0.1, 0.15) is 5.60 Å². The van der Waals surface area contributed by atoms with Crippen molar-refractivity contribution in [2.45, 2.75) is 72.1 Å². The number of hydrogen-bond donors (Lipinski definition) is 2. The Labute approximate surface area is 124 Å². The lowest BCUT2D eigenvalue weighted by atomic mass is 10.0. The second-order valence-corrected chi connectivity index (χ2v) is 6.67. The van der Waals surface area contributed by atoms with Gasteiger partial charge in [0.25, 0.3) is 0 Å². The number of hydrogen-bond acceptors (Lipinski definition) is 3. The van der Waals surface area contributed by atoms with E-state index in [4.69, 9.17) is 4.74 Å². The van der Waals surface area contributed by atoms with E-state index in [2.05, 4.69) is 38.0 Å². The van der Waals surface area contributed by atoms with Crippen LogP contribution in [-0.4, -0.2) is 30.3 Å². The fourth-order valence-electron chi connectivity index (χ4n) is 1.81. The van der Waals surface area contributed by atoms with Gasteiger partial charge in [0, 0.05) is 18.6 Å². The average Bonchev–Trinajstić information content (AvgIpc) is 2.29. The number of carbonyl (C=O) groups is 1. The van der Waals surface area contributed by atoms with Crippen LogP contribution in [0.3, 0.4) is 0 Å². The van der Waals surface area contributed by atoms with Gasteiger partial charge in [0.15, 0.2) is 0 Å². The van der Waals surface area contributed by atoms with Crippen LogP contribution in [0.1, 0.15) is 54.4 Å². The van der Waals surface area contributed by atoms with Crippen LogP contribution in [0.4, 0.5) is 4.79 Å². The molecule has 118 valence electrons. The molecule has 2 atom stereocenters. The highest BCUT2D eigenvalue weighted by Crippen LogP contribution is 2.08. The Morgan fingerprint density at radius 2 is 1.90 bits per heavy atom. The maximum Gasteiger partial charge on any atom is 0.407 e. The first-order chi connectivity index (χ1) is 9.15. The lowest BCUT2D eigenvalue weighted by Crippen LogP contribution is -2.48. The summed E-state index contributed by atoms with van der Waals surface area (Å²) in [5.41, 5.74) is -0.456. The number of ether oxygens (including phenoxy) is 1. The van der Waals surface area contributed by atoms with Gasteiger partial charge >= 0.3 is 6.09 Å². The van der Waals surface area contributed by atoms with E-state index in [0.717, 1.165) is 12.8 Å². The van der Waals surface area contributed by atoms with Crippen LogP contribution in [0.25, 0.3) is 0 Å². The molecular weight excluding hydrogens is 252 g/mol. The second-order valence-electron chi connectivity index (χ2n) is 6.67. The Hall–Kier alpha value is -1.03. The molecule has 0 spiro atoms. The molecule has 0 saturated carbocycles. The fourth-order valence-corrected chi connectivity index (χ4v) is 1.81. The molecule has 0 aromatic heterocycles. The van der Waals surface area contributed by atoms with E-state index in [1.807, 2.05) is 26.8 Å². The van der Waals surface area contributed by atoms with Gasteiger partial charge < -0.3 is 15.4 Å². The summed E-state index contributed by atoms with van der Waals surface area (Å²) in [5, 5.41) is 6.39. The predicted octanol–water partition coefficient (Wildman–Crippen LogP) is 3.48. The molecule has 2 N–H and O–H groups in total. The van der Waals surface area contributed by atoms with E-state index in [9.17, 15) is 4.79 Å². The summed E-state index contributed by atoms with van der Waals surface area (Å²) in [6.07, 6.45) is 3.63. The lowest BCUT2D eigenvalue weighted by molar-refractivity contribution is 0.0518. The third-order valence-electron chi connectivity index (χ3n) is 2.97. The van der Waals surface area contributed by atoms with E-state index in [1.54, 1.807) is 0 Å². The molecule has 0 aromatic rings. The van der Waals surface area contributed by atoms with Crippen LogP contribution >= 0.6 is 0 Å². The first-order valence-electron chi connectivity index (χ1n) is 7.49. The van der Waals surface area contributed by atoms with Gasteiger partial charge in [-0.1, -0.05) is 19.9 Å². The standard InChI is InChI=1S/C16H32N2O2/c1-8-9-10-13(4)18-14(12(2)3)11-17-15(19)20-16(5,6)7/h8,12-14,18H,1,9-11H2,2-7H3,(H,17,19). The highest BCUT2D eigenvalue weighted by molar-refractivity contribution is 5.67. The third-order valence-corrected chi connectivity index (χ3v) is 2.97. The van der Waals surface area contributed by atoms with Gasteiger partial charge in [0.05, 0.1) is 0 Å². The molecule has 0 aliphatic carbocycles. The maximum absolute atomic E-state index is 11.7. The van der Waals surface area contributed by atoms with Crippen molar-refractivity contribution < 1.29 is 9.53 Å². The van der Waals surface area contributed by atoms with Crippen LogP contribution in [0.2, 0.25) is 0 Å². The highest BCUT2D eigenvalue weighted by atomic mass is 16.6. The largest absolute Gasteiger partial charge is 0.444 e. The molecule has 0 heterocycles. The van der Waals surface area contributed by atoms with Gasteiger partial charge in [-0.15, -0.1) is 6.58 Å². The molecule has 0 fully saturated rings. The minimum Gasteiger partial charge on any atom is -0.444 e. The first-order valence-corrected chi connectivity index (χ1v) is 7.49. The van der Waals surface area contributed by atoms with Gasteiger partial charge in [-0.3, -0.25) is 0 Å². The van der Waals surface area contributed by atoms with Crippen molar-refractivity contribution >= 4 is 6.09 Å². The molecule has 0 saturated heterocycles. The summed E-state index contributed by atoms with van der Waals surface area (Å²) in [6, 6.07) is 0.642. The summed E-state index contributed by atoms with van der Waals surface area (Å²) < 4.78 is 5.25. The Bertz CT molecular complexity index is 295. The molecule has 20 heavy (non-hydrogen) atoms.